The Bertz CT molecular complexity index is 689. The molecule has 0 aromatic heterocycles. The summed E-state index contributed by atoms with van der Waals surface area (Å²) in [5, 5.41) is 4.44. The Balaban J connectivity index is 1.41. The van der Waals surface area contributed by atoms with E-state index in [0.717, 1.165) is 69.8 Å². The third kappa shape index (κ3) is 5.23. The zero-order chi connectivity index (χ0) is 20.1. The van der Waals surface area contributed by atoms with E-state index in [1.54, 1.807) is 0 Å². The van der Waals surface area contributed by atoms with Crippen LogP contribution in [-0.4, -0.2) is 81.0 Å². The lowest BCUT2D eigenvalue weighted by Crippen LogP contribution is -2.54. The van der Waals surface area contributed by atoms with E-state index in [0.29, 0.717) is 6.04 Å². The summed E-state index contributed by atoms with van der Waals surface area (Å²) in [6.07, 6.45) is 5.11. The lowest BCUT2D eigenvalue weighted by molar-refractivity contribution is -0.0817. The number of aliphatic imine (C=N–C) groups is 1. The number of hydrogen-bond acceptors (Lipinski definition) is 4. The molecule has 0 radical (unpaired) electrons. The summed E-state index contributed by atoms with van der Waals surface area (Å²) in [6, 6.07) is 8.56. The lowest BCUT2D eigenvalue weighted by atomic mass is 10.1. The first-order valence-corrected chi connectivity index (χ1v) is 11.3. The smallest absolute Gasteiger partial charge is 0.193 e. The molecule has 0 saturated carbocycles. The molecule has 3 fully saturated rings. The normalized spacial score (nSPS) is 27.4. The average molecular weight is 421 g/mol. The Morgan fingerprint density at radius 2 is 2.00 bits per heavy atom. The van der Waals surface area contributed by atoms with Gasteiger partial charge in [0.2, 0.25) is 0 Å². The Kier molecular flexibility index (Phi) is 7.29. The SMILES string of the molecule is CN=C(NCC(c1cccc(Cl)c1)N1CCCC1)N1CCOC(C2CCCO2)C1. The molecule has 160 valence electrons. The van der Waals surface area contributed by atoms with Crippen molar-refractivity contribution in [2.24, 2.45) is 4.99 Å². The molecule has 7 heteroatoms. The minimum Gasteiger partial charge on any atom is -0.375 e. The number of ether oxygens (including phenoxy) is 2. The molecule has 3 aliphatic heterocycles. The van der Waals surface area contributed by atoms with E-state index >= 15 is 0 Å². The van der Waals surface area contributed by atoms with E-state index in [2.05, 4.69) is 32.2 Å². The number of morpholine rings is 1. The fraction of sp³-hybridized carbons (Fsp3) is 0.682. The van der Waals surface area contributed by atoms with Gasteiger partial charge in [-0.3, -0.25) is 9.89 Å². The van der Waals surface area contributed by atoms with Gasteiger partial charge in [-0.1, -0.05) is 23.7 Å². The number of hydrogen-bond donors (Lipinski definition) is 1. The summed E-state index contributed by atoms with van der Waals surface area (Å²) in [4.78, 5) is 9.44. The summed E-state index contributed by atoms with van der Waals surface area (Å²) in [7, 11) is 1.86. The highest BCUT2D eigenvalue weighted by Crippen LogP contribution is 2.27. The lowest BCUT2D eigenvalue weighted by Gasteiger charge is -2.38. The van der Waals surface area contributed by atoms with E-state index in [1.165, 1.54) is 18.4 Å². The van der Waals surface area contributed by atoms with Crippen LogP contribution < -0.4 is 5.32 Å². The minimum atomic E-state index is 0.132. The molecule has 3 unspecified atom stereocenters. The predicted molar refractivity (Wildman–Crippen MR) is 117 cm³/mol. The molecule has 3 saturated heterocycles. The fourth-order valence-electron chi connectivity index (χ4n) is 4.73. The molecule has 4 rings (SSSR count). The Morgan fingerprint density at radius 3 is 2.72 bits per heavy atom. The first-order chi connectivity index (χ1) is 14.2. The maximum Gasteiger partial charge on any atom is 0.193 e. The van der Waals surface area contributed by atoms with Gasteiger partial charge in [0.15, 0.2) is 5.96 Å². The van der Waals surface area contributed by atoms with E-state index in [4.69, 9.17) is 21.1 Å². The zero-order valence-corrected chi connectivity index (χ0v) is 18.1. The maximum atomic E-state index is 6.29. The van der Waals surface area contributed by atoms with Crippen LogP contribution in [0.25, 0.3) is 0 Å². The van der Waals surface area contributed by atoms with Crippen molar-refractivity contribution in [3.8, 4) is 0 Å². The van der Waals surface area contributed by atoms with Gasteiger partial charge in [0.1, 0.15) is 6.10 Å². The molecular weight excluding hydrogens is 388 g/mol. The van der Waals surface area contributed by atoms with Gasteiger partial charge >= 0.3 is 0 Å². The summed E-state index contributed by atoms with van der Waals surface area (Å²) in [5.41, 5.74) is 1.27. The topological polar surface area (TPSA) is 49.3 Å². The highest BCUT2D eigenvalue weighted by atomic mass is 35.5. The first-order valence-electron chi connectivity index (χ1n) is 10.9. The van der Waals surface area contributed by atoms with Crippen LogP contribution in [0.3, 0.4) is 0 Å². The fourth-order valence-corrected chi connectivity index (χ4v) is 4.93. The number of guanidine groups is 1. The minimum absolute atomic E-state index is 0.132. The van der Waals surface area contributed by atoms with Crippen molar-refractivity contribution < 1.29 is 9.47 Å². The molecule has 6 nitrogen and oxygen atoms in total. The molecule has 1 aromatic rings. The second kappa shape index (κ2) is 10.1. The van der Waals surface area contributed by atoms with Gasteiger partial charge in [0.25, 0.3) is 0 Å². The molecule has 3 atom stereocenters. The van der Waals surface area contributed by atoms with Crippen LogP contribution in [0.4, 0.5) is 0 Å². The molecule has 29 heavy (non-hydrogen) atoms. The number of nitrogens with zero attached hydrogens (tertiary/aromatic N) is 3. The number of likely N-dealkylation sites (tertiary alicyclic amines) is 1. The van der Waals surface area contributed by atoms with Crippen molar-refractivity contribution in [1.82, 2.24) is 15.1 Å². The Morgan fingerprint density at radius 1 is 1.17 bits per heavy atom. The van der Waals surface area contributed by atoms with Crippen LogP contribution in [-0.2, 0) is 9.47 Å². The molecular formula is C22H33ClN4O2. The summed E-state index contributed by atoms with van der Waals surface area (Å²) < 4.78 is 11.9. The van der Waals surface area contributed by atoms with Crippen LogP contribution in [0, 0.1) is 0 Å². The van der Waals surface area contributed by atoms with Crippen molar-refractivity contribution in [1.29, 1.82) is 0 Å². The third-order valence-corrected chi connectivity index (χ3v) is 6.49. The first kappa shape index (κ1) is 20.9. The number of halogens is 1. The van der Waals surface area contributed by atoms with Crippen LogP contribution in [0.1, 0.15) is 37.3 Å². The van der Waals surface area contributed by atoms with Gasteiger partial charge in [-0.2, -0.15) is 0 Å². The summed E-state index contributed by atoms with van der Waals surface area (Å²) >= 11 is 6.29. The van der Waals surface area contributed by atoms with Gasteiger partial charge in [-0.15, -0.1) is 0 Å². The maximum absolute atomic E-state index is 6.29. The molecule has 0 aliphatic carbocycles. The van der Waals surface area contributed by atoms with Gasteiger partial charge in [-0.25, -0.2) is 0 Å². The molecule has 3 aliphatic rings. The highest BCUT2D eigenvalue weighted by Gasteiger charge is 2.32. The number of rotatable bonds is 5. The van der Waals surface area contributed by atoms with Crippen molar-refractivity contribution in [2.45, 2.75) is 43.9 Å². The van der Waals surface area contributed by atoms with E-state index in [9.17, 15) is 0 Å². The van der Waals surface area contributed by atoms with Crippen LogP contribution in [0.5, 0.6) is 0 Å². The Hall–Kier alpha value is -1.34. The number of nitrogens with one attached hydrogen (secondary N) is 1. The van der Waals surface area contributed by atoms with Crippen LogP contribution in [0.15, 0.2) is 29.3 Å². The molecule has 0 spiro atoms. The van der Waals surface area contributed by atoms with Crippen LogP contribution in [0.2, 0.25) is 5.02 Å². The summed E-state index contributed by atoms with van der Waals surface area (Å²) in [6.45, 7) is 6.34. The second-order valence-corrected chi connectivity index (χ2v) is 8.59. The van der Waals surface area contributed by atoms with E-state index in [-0.39, 0.29) is 12.2 Å². The zero-order valence-electron chi connectivity index (χ0n) is 17.4. The standard InChI is InChI=1S/C22H33ClN4O2/c1-24-22(27-11-13-29-21(16-27)20-8-5-12-28-20)25-15-19(26-9-2-3-10-26)17-6-4-7-18(23)14-17/h4,6-7,14,19-21H,2-3,5,8-13,15-16H2,1H3,(H,24,25). The van der Waals surface area contributed by atoms with Crippen molar-refractivity contribution in [2.75, 3.05) is 53.0 Å². The molecule has 0 amide bonds. The highest BCUT2D eigenvalue weighted by molar-refractivity contribution is 6.30. The third-order valence-electron chi connectivity index (χ3n) is 6.25. The van der Waals surface area contributed by atoms with Gasteiger partial charge in [0, 0.05) is 38.3 Å². The van der Waals surface area contributed by atoms with E-state index < -0.39 is 0 Å². The quantitative estimate of drug-likeness (QED) is 0.586. The van der Waals surface area contributed by atoms with Gasteiger partial charge < -0.3 is 19.7 Å². The van der Waals surface area contributed by atoms with Gasteiger partial charge in [0.05, 0.1) is 18.8 Å². The molecule has 1 N–H and O–H groups in total. The van der Waals surface area contributed by atoms with Gasteiger partial charge in [-0.05, 0) is 56.5 Å². The molecule has 0 bridgehead atoms. The largest absolute Gasteiger partial charge is 0.375 e. The van der Waals surface area contributed by atoms with Crippen molar-refractivity contribution >= 4 is 17.6 Å². The monoisotopic (exact) mass is 420 g/mol. The number of benzene rings is 1. The van der Waals surface area contributed by atoms with Crippen molar-refractivity contribution in [3.05, 3.63) is 34.9 Å². The Labute approximate surface area is 179 Å². The molecule has 3 heterocycles. The predicted octanol–water partition coefficient (Wildman–Crippen LogP) is 2.93. The second-order valence-electron chi connectivity index (χ2n) is 8.15. The average Bonchev–Trinajstić information content (AvgIpc) is 3.46. The summed E-state index contributed by atoms with van der Waals surface area (Å²) in [5.74, 6) is 0.947. The van der Waals surface area contributed by atoms with E-state index in [1.807, 2.05) is 19.2 Å². The molecule has 1 aromatic carbocycles. The van der Waals surface area contributed by atoms with Crippen LogP contribution >= 0.6 is 11.6 Å². The van der Waals surface area contributed by atoms with Crippen molar-refractivity contribution in [3.63, 3.8) is 0 Å².